The zero-order valence-corrected chi connectivity index (χ0v) is 11.2. The van der Waals surface area contributed by atoms with E-state index >= 15 is 0 Å². The van der Waals surface area contributed by atoms with E-state index in [1.807, 2.05) is 0 Å². The quantitative estimate of drug-likeness (QED) is 0.528. The third-order valence-corrected chi connectivity index (χ3v) is 2.97. The van der Waals surface area contributed by atoms with Crippen LogP contribution >= 0.6 is 12.2 Å². The van der Waals surface area contributed by atoms with E-state index < -0.39 is 4.92 Å². The van der Waals surface area contributed by atoms with Crippen LogP contribution in [0.3, 0.4) is 0 Å². The van der Waals surface area contributed by atoms with Gasteiger partial charge in [0.15, 0.2) is 10.6 Å². The second-order valence-corrected chi connectivity index (χ2v) is 4.14. The summed E-state index contributed by atoms with van der Waals surface area (Å²) >= 11 is 5.04. The molecule has 2 rings (SSSR count). The lowest BCUT2D eigenvalue weighted by Crippen LogP contribution is -2.02. The average Bonchev–Trinajstić information content (AvgIpc) is 2.70. The van der Waals surface area contributed by atoms with Gasteiger partial charge in [0.25, 0.3) is 0 Å². The van der Waals surface area contributed by atoms with Gasteiger partial charge in [0.1, 0.15) is 0 Å². The highest BCUT2D eigenvalue weighted by molar-refractivity contribution is 7.71. The van der Waals surface area contributed by atoms with Gasteiger partial charge < -0.3 is 9.30 Å². The molecule has 0 bridgehead atoms. The Morgan fingerprint density at radius 3 is 2.84 bits per heavy atom. The first kappa shape index (κ1) is 13.2. The van der Waals surface area contributed by atoms with E-state index in [1.165, 1.54) is 6.07 Å². The third-order valence-electron chi connectivity index (χ3n) is 2.60. The molecule has 0 saturated carbocycles. The van der Waals surface area contributed by atoms with Crippen molar-refractivity contribution in [1.82, 2.24) is 14.8 Å². The number of aromatic nitrogens is 3. The fourth-order valence-corrected chi connectivity index (χ4v) is 1.86. The molecule has 1 heterocycles. The minimum atomic E-state index is -0.476. The Morgan fingerprint density at radius 1 is 1.58 bits per heavy atom. The van der Waals surface area contributed by atoms with Gasteiger partial charge in [-0.3, -0.25) is 15.2 Å². The fourth-order valence-electron chi connectivity index (χ4n) is 1.73. The molecule has 0 saturated heterocycles. The van der Waals surface area contributed by atoms with Crippen molar-refractivity contribution in [2.24, 2.45) is 7.05 Å². The summed E-state index contributed by atoms with van der Waals surface area (Å²) in [4.78, 5) is 10.6. The van der Waals surface area contributed by atoms with Crippen LogP contribution in [0.5, 0.6) is 5.75 Å². The lowest BCUT2D eigenvalue weighted by Gasteiger charge is -2.09. The van der Waals surface area contributed by atoms with Crippen molar-refractivity contribution in [3.05, 3.63) is 33.1 Å². The first-order chi connectivity index (χ1) is 9.06. The Hall–Kier alpha value is -2.22. The van der Waals surface area contributed by atoms with Gasteiger partial charge in [0.05, 0.1) is 17.1 Å². The predicted octanol–water partition coefficient (Wildman–Crippen LogP) is 2.45. The first-order valence-corrected chi connectivity index (χ1v) is 5.99. The van der Waals surface area contributed by atoms with Crippen LogP contribution in [-0.2, 0) is 7.05 Å². The monoisotopic (exact) mass is 280 g/mol. The van der Waals surface area contributed by atoms with Crippen molar-refractivity contribution in [1.29, 1.82) is 0 Å². The minimum absolute atomic E-state index is 0.0896. The molecule has 0 amide bonds. The number of hydrogen-bond acceptors (Lipinski definition) is 5. The maximum atomic E-state index is 11.0. The van der Waals surface area contributed by atoms with E-state index in [0.29, 0.717) is 22.8 Å². The molecular weight excluding hydrogens is 268 g/mol. The average molecular weight is 280 g/mol. The molecule has 0 aliphatic heterocycles. The number of nitro groups is 1. The summed E-state index contributed by atoms with van der Waals surface area (Å²) in [6.45, 7) is 2.09. The number of ether oxygens (including phenoxy) is 1. The van der Waals surface area contributed by atoms with Crippen LogP contribution in [0.15, 0.2) is 18.2 Å². The molecule has 1 N–H and O–H groups in total. The van der Waals surface area contributed by atoms with Gasteiger partial charge in [-0.25, -0.2) is 0 Å². The van der Waals surface area contributed by atoms with Crippen LogP contribution in [0, 0.1) is 14.9 Å². The number of aromatic amines is 1. The highest BCUT2D eigenvalue weighted by Gasteiger charge is 2.22. The number of nitrogens with one attached hydrogen (secondary N) is 1. The van der Waals surface area contributed by atoms with Gasteiger partial charge in [-0.1, -0.05) is 6.07 Å². The second-order valence-electron chi connectivity index (χ2n) is 3.76. The number of para-hydroxylation sites is 1. The van der Waals surface area contributed by atoms with E-state index in [9.17, 15) is 10.1 Å². The lowest BCUT2D eigenvalue weighted by molar-refractivity contribution is -0.385. The Morgan fingerprint density at radius 2 is 2.32 bits per heavy atom. The van der Waals surface area contributed by atoms with Crippen molar-refractivity contribution in [3.8, 4) is 17.1 Å². The maximum absolute atomic E-state index is 11.0. The molecule has 0 unspecified atom stereocenters. The number of benzene rings is 1. The number of nitro benzene ring substituents is 1. The van der Waals surface area contributed by atoms with Crippen molar-refractivity contribution in [2.75, 3.05) is 6.61 Å². The van der Waals surface area contributed by atoms with E-state index in [1.54, 1.807) is 30.7 Å². The van der Waals surface area contributed by atoms with Gasteiger partial charge >= 0.3 is 5.69 Å². The molecular formula is C11H12N4O3S. The highest BCUT2D eigenvalue weighted by atomic mass is 32.1. The van der Waals surface area contributed by atoms with Gasteiger partial charge in [-0.15, -0.1) is 0 Å². The van der Waals surface area contributed by atoms with Crippen molar-refractivity contribution in [3.63, 3.8) is 0 Å². The van der Waals surface area contributed by atoms with E-state index in [4.69, 9.17) is 17.0 Å². The summed E-state index contributed by atoms with van der Waals surface area (Å²) in [7, 11) is 1.73. The van der Waals surface area contributed by atoms with Gasteiger partial charge in [0.2, 0.25) is 5.75 Å². The number of rotatable bonds is 4. The van der Waals surface area contributed by atoms with Crippen molar-refractivity contribution < 1.29 is 9.66 Å². The summed E-state index contributed by atoms with van der Waals surface area (Å²) in [5, 5.41) is 17.8. The van der Waals surface area contributed by atoms with Gasteiger partial charge in [-0.05, 0) is 25.2 Å². The van der Waals surface area contributed by atoms with Crippen LogP contribution in [0.2, 0.25) is 0 Å². The zero-order valence-electron chi connectivity index (χ0n) is 10.4. The number of hydrogen-bond donors (Lipinski definition) is 1. The van der Waals surface area contributed by atoms with Crippen molar-refractivity contribution in [2.45, 2.75) is 6.92 Å². The zero-order chi connectivity index (χ0) is 14.0. The molecule has 0 radical (unpaired) electrons. The molecule has 0 aliphatic rings. The molecule has 8 heteroatoms. The smallest absolute Gasteiger partial charge is 0.311 e. The number of H-pyrrole nitrogens is 1. The molecule has 1 aromatic heterocycles. The maximum Gasteiger partial charge on any atom is 0.311 e. The Kier molecular flexibility index (Phi) is 3.61. The largest absolute Gasteiger partial charge is 0.487 e. The Balaban J connectivity index is 2.69. The van der Waals surface area contributed by atoms with Crippen LogP contribution < -0.4 is 4.74 Å². The molecule has 7 nitrogen and oxygen atoms in total. The molecule has 0 aliphatic carbocycles. The third kappa shape index (κ3) is 2.34. The summed E-state index contributed by atoms with van der Waals surface area (Å²) in [5.74, 6) is 0.698. The molecule has 0 spiro atoms. The number of nitrogens with zero attached hydrogens (tertiary/aromatic N) is 3. The predicted molar refractivity (Wildman–Crippen MR) is 71.7 cm³/mol. The lowest BCUT2D eigenvalue weighted by atomic mass is 10.1. The molecule has 19 heavy (non-hydrogen) atoms. The second kappa shape index (κ2) is 5.19. The molecule has 0 atom stereocenters. The summed E-state index contributed by atoms with van der Waals surface area (Å²) in [5.41, 5.74) is 0.444. The van der Waals surface area contributed by atoms with Gasteiger partial charge in [0, 0.05) is 13.1 Å². The van der Waals surface area contributed by atoms with Gasteiger partial charge in [-0.2, -0.15) is 5.10 Å². The minimum Gasteiger partial charge on any atom is -0.487 e. The summed E-state index contributed by atoms with van der Waals surface area (Å²) in [6.07, 6.45) is 0. The molecule has 1 aromatic carbocycles. The van der Waals surface area contributed by atoms with Crippen LogP contribution in [0.1, 0.15) is 6.92 Å². The van der Waals surface area contributed by atoms with E-state index in [2.05, 4.69) is 10.2 Å². The van der Waals surface area contributed by atoms with Crippen LogP contribution in [0.4, 0.5) is 5.69 Å². The van der Waals surface area contributed by atoms with Crippen molar-refractivity contribution >= 4 is 17.9 Å². The fraction of sp³-hybridized carbons (Fsp3) is 0.273. The Labute approximate surface area is 114 Å². The van der Waals surface area contributed by atoms with Crippen LogP contribution in [0.25, 0.3) is 11.4 Å². The summed E-state index contributed by atoms with van der Waals surface area (Å²) < 4.78 is 7.48. The summed E-state index contributed by atoms with van der Waals surface area (Å²) in [6, 6.07) is 4.70. The first-order valence-electron chi connectivity index (χ1n) is 5.58. The van der Waals surface area contributed by atoms with E-state index in [0.717, 1.165) is 0 Å². The molecule has 100 valence electrons. The molecule has 2 aromatic rings. The SMILES string of the molecule is CCOc1c(-c2n[nH]c(=S)n2C)cccc1[N+](=O)[O-]. The Bertz CT molecular complexity index is 677. The van der Waals surface area contributed by atoms with E-state index in [-0.39, 0.29) is 11.4 Å². The molecule has 0 fully saturated rings. The normalized spacial score (nSPS) is 10.4. The standard InChI is InChI=1S/C11H12N4O3S/c1-3-18-9-7(5-4-6-8(9)15(16)17)10-12-13-11(19)14(10)2/h4-6H,3H2,1-2H3,(H,13,19). The topological polar surface area (TPSA) is 86.0 Å². The van der Waals surface area contributed by atoms with Crippen LogP contribution in [-0.4, -0.2) is 26.3 Å². The highest BCUT2D eigenvalue weighted by Crippen LogP contribution is 2.36.